The number of amides is 1. The summed E-state index contributed by atoms with van der Waals surface area (Å²) < 4.78 is 0. The number of nitrogens with zero attached hydrogens (tertiary/aromatic N) is 2. The Bertz CT molecular complexity index is 809. The summed E-state index contributed by atoms with van der Waals surface area (Å²) >= 11 is 0. The molecule has 0 unspecified atom stereocenters. The SMILES string of the molecule is NC(=O)c1n[nH]nc1-c1cccc(-c2ccc(CO)cc2)c1. The number of H-pyrrole nitrogens is 1. The fourth-order valence-corrected chi connectivity index (χ4v) is 2.25. The van der Waals surface area contributed by atoms with Crippen LogP contribution in [0.3, 0.4) is 0 Å². The van der Waals surface area contributed by atoms with Gasteiger partial charge >= 0.3 is 0 Å². The van der Waals surface area contributed by atoms with Gasteiger partial charge < -0.3 is 10.8 Å². The van der Waals surface area contributed by atoms with Gasteiger partial charge in [-0.15, -0.1) is 0 Å². The molecule has 0 spiro atoms. The Morgan fingerprint density at radius 1 is 1.05 bits per heavy atom. The van der Waals surface area contributed by atoms with Crippen LogP contribution >= 0.6 is 0 Å². The van der Waals surface area contributed by atoms with Gasteiger partial charge in [0.15, 0.2) is 5.69 Å². The highest BCUT2D eigenvalue weighted by Gasteiger charge is 2.15. The lowest BCUT2D eigenvalue weighted by Gasteiger charge is -2.05. The van der Waals surface area contributed by atoms with Crippen molar-refractivity contribution < 1.29 is 9.90 Å². The van der Waals surface area contributed by atoms with Crippen LogP contribution < -0.4 is 5.73 Å². The Morgan fingerprint density at radius 3 is 2.45 bits per heavy atom. The number of aliphatic hydroxyl groups excluding tert-OH is 1. The number of aromatic nitrogens is 3. The lowest BCUT2D eigenvalue weighted by molar-refractivity contribution is 0.0996. The van der Waals surface area contributed by atoms with Crippen molar-refractivity contribution in [3.63, 3.8) is 0 Å². The first-order valence-corrected chi connectivity index (χ1v) is 6.70. The van der Waals surface area contributed by atoms with Crippen LogP contribution in [0, 0.1) is 0 Å². The molecule has 3 rings (SSSR count). The Hall–Kier alpha value is -2.99. The van der Waals surface area contributed by atoms with Gasteiger partial charge in [-0.3, -0.25) is 4.79 Å². The third kappa shape index (κ3) is 2.59. The van der Waals surface area contributed by atoms with E-state index in [1.54, 1.807) is 0 Å². The standard InChI is InChI=1S/C16H14N4O2/c17-16(22)15-14(18-20-19-15)13-3-1-2-12(8-13)11-6-4-10(9-21)5-7-11/h1-8,21H,9H2,(H2,17,22)(H,18,19,20). The van der Waals surface area contributed by atoms with E-state index in [0.717, 1.165) is 22.3 Å². The lowest BCUT2D eigenvalue weighted by Crippen LogP contribution is -2.12. The molecule has 22 heavy (non-hydrogen) atoms. The molecule has 0 atom stereocenters. The Kier molecular flexibility index (Phi) is 3.67. The molecule has 6 heteroatoms. The third-order valence-electron chi connectivity index (χ3n) is 3.39. The number of primary amides is 1. The molecule has 1 aromatic heterocycles. The summed E-state index contributed by atoms with van der Waals surface area (Å²) in [6, 6.07) is 15.2. The van der Waals surface area contributed by atoms with Crippen molar-refractivity contribution in [2.24, 2.45) is 5.73 Å². The highest BCUT2D eigenvalue weighted by atomic mass is 16.3. The predicted octanol–water partition coefficient (Wildman–Crippen LogP) is 1.73. The van der Waals surface area contributed by atoms with Crippen molar-refractivity contribution in [3.8, 4) is 22.4 Å². The van der Waals surface area contributed by atoms with Crippen LogP contribution in [0.15, 0.2) is 48.5 Å². The van der Waals surface area contributed by atoms with Gasteiger partial charge in [0.1, 0.15) is 5.69 Å². The molecule has 0 aliphatic carbocycles. The largest absolute Gasteiger partial charge is 0.392 e. The molecule has 1 amide bonds. The molecule has 4 N–H and O–H groups in total. The van der Waals surface area contributed by atoms with Crippen molar-refractivity contribution in [2.75, 3.05) is 0 Å². The number of rotatable bonds is 4. The second-order valence-corrected chi connectivity index (χ2v) is 4.82. The van der Waals surface area contributed by atoms with Crippen molar-refractivity contribution in [3.05, 3.63) is 59.8 Å². The first-order chi connectivity index (χ1) is 10.7. The predicted molar refractivity (Wildman–Crippen MR) is 81.7 cm³/mol. The van der Waals surface area contributed by atoms with Crippen LogP contribution in [-0.4, -0.2) is 26.4 Å². The number of carbonyl (C=O) groups excluding carboxylic acids is 1. The summed E-state index contributed by atoms with van der Waals surface area (Å²) in [7, 11) is 0. The minimum absolute atomic E-state index is 0.0151. The van der Waals surface area contributed by atoms with E-state index in [1.807, 2.05) is 48.5 Å². The Morgan fingerprint density at radius 2 is 1.77 bits per heavy atom. The van der Waals surface area contributed by atoms with Gasteiger partial charge in [-0.2, -0.15) is 15.4 Å². The Balaban J connectivity index is 2.02. The van der Waals surface area contributed by atoms with Crippen LogP contribution in [-0.2, 0) is 6.61 Å². The number of hydrogen-bond acceptors (Lipinski definition) is 4. The van der Waals surface area contributed by atoms with Gasteiger partial charge in [-0.1, -0.05) is 42.5 Å². The lowest BCUT2D eigenvalue weighted by atomic mass is 10.00. The monoisotopic (exact) mass is 294 g/mol. The molecule has 6 nitrogen and oxygen atoms in total. The molecule has 0 saturated carbocycles. The second-order valence-electron chi connectivity index (χ2n) is 4.82. The number of nitrogens with one attached hydrogen (secondary N) is 1. The molecule has 0 bridgehead atoms. The maximum atomic E-state index is 11.4. The molecule has 0 fully saturated rings. The van der Waals surface area contributed by atoms with Crippen LogP contribution in [0.2, 0.25) is 0 Å². The maximum Gasteiger partial charge on any atom is 0.271 e. The minimum Gasteiger partial charge on any atom is -0.392 e. The van der Waals surface area contributed by atoms with Crippen molar-refractivity contribution >= 4 is 5.91 Å². The van der Waals surface area contributed by atoms with E-state index >= 15 is 0 Å². The first-order valence-electron chi connectivity index (χ1n) is 6.70. The highest BCUT2D eigenvalue weighted by molar-refractivity contribution is 5.96. The van der Waals surface area contributed by atoms with Gasteiger partial charge in [-0.25, -0.2) is 0 Å². The fraction of sp³-hybridized carbons (Fsp3) is 0.0625. The molecule has 1 heterocycles. The molecule has 110 valence electrons. The van der Waals surface area contributed by atoms with Crippen LogP contribution in [0.4, 0.5) is 0 Å². The van der Waals surface area contributed by atoms with E-state index in [2.05, 4.69) is 15.4 Å². The summed E-state index contributed by atoms with van der Waals surface area (Å²) in [6.07, 6.45) is 0. The third-order valence-corrected chi connectivity index (χ3v) is 3.39. The molecule has 2 aromatic carbocycles. The van der Waals surface area contributed by atoms with Gasteiger partial charge in [-0.05, 0) is 22.8 Å². The maximum absolute atomic E-state index is 11.4. The van der Waals surface area contributed by atoms with Crippen LogP contribution in [0.1, 0.15) is 16.1 Å². The number of aliphatic hydroxyl groups is 1. The molecular formula is C16H14N4O2. The zero-order valence-corrected chi connectivity index (χ0v) is 11.7. The number of benzene rings is 2. The van der Waals surface area contributed by atoms with E-state index in [1.165, 1.54) is 0 Å². The summed E-state index contributed by atoms with van der Waals surface area (Å²) in [6.45, 7) is 0.0151. The first kappa shape index (κ1) is 14.0. The number of nitrogens with two attached hydrogens (primary N) is 1. The summed E-state index contributed by atoms with van der Waals surface area (Å²) in [5.41, 5.74) is 9.43. The molecule has 0 radical (unpaired) electrons. The average Bonchev–Trinajstić information content (AvgIpc) is 3.05. The molecular weight excluding hydrogens is 280 g/mol. The van der Waals surface area contributed by atoms with Crippen molar-refractivity contribution in [2.45, 2.75) is 6.61 Å². The fourth-order valence-electron chi connectivity index (χ4n) is 2.25. The molecule has 0 aliphatic rings. The van der Waals surface area contributed by atoms with E-state index in [4.69, 9.17) is 10.8 Å². The average molecular weight is 294 g/mol. The second kappa shape index (κ2) is 5.79. The molecule has 0 aliphatic heterocycles. The smallest absolute Gasteiger partial charge is 0.271 e. The zero-order chi connectivity index (χ0) is 15.5. The van der Waals surface area contributed by atoms with Crippen molar-refractivity contribution in [1.29, 1.82) is 0 Å². The molecule has 3 aromatic rings. The van der Waals surface area contributed by atoms with Gasteiger partial charge in [0.2, 0.25) is 0 Å². The summed E-state index contributed by atoms with van der Waals surface area (Å²) in [4.78, 5) is 11.4. The Labute approximate surface area is 126 Å². The molecule has 0 saturated heterocycles. The van der Waals surface area contributed by atoms with Crippen LogP contribution in [0.25, 0.3) is 22.4 Å². The van der Waals surface area contributed by atoms with E-state index < -0.39 is 5.91 Å². The quantitative estimate of drug-likeness (QED) is 0.681. The number of hydrogen-bond donors (Lipinski definition) is 3. The van der Waals surface area contributed by atoms with E-state index in [0.29, 0.717) is 5.69 Å². The van der Waals surface area contributed by atoms with Gasteiger partial charge in [0, 0.05) is 5.56 Å². The normalized spacial score (nSPS) is 10.6. The zero-order valence-electron chi connectivity index (χ0n) is 11.7. The summed E-state index contributed by atoms with van der Waals surface area (Å²) in [5.74, 6) is -0.624. The van der Waals surface area contributed by atoms with Gasteiger partial charge in [0.05, 0.1) is 6.61 Å². The number of carbonyl (C=O) groups is 1. The topological polar surface area (TPSA) is 105 Å². The van der Waals surface area contributed by atoms with Crippen molar-refractivity contribution in [1.82, 2.24) is 15.4 Å². The highest BCUT2D eigenvalue weighted by Crippen LogP contribution is 2.26. The van der Waals surface area contributed by atoms with E-state index in [9.17, 15) is 4.79 Å². The van der Waals surface area contributed by atoms with E-state index in [-0.39, 0.29) is 12.3 Å². The summed E-state index contributed by atoms with van der Waals surface area (Å²) in [5, 5.41) is 19.3. The van der Waals surface area contributed by atoms with Gasteiger partial charge in [0.25, 0.3) is 5.91 Å². The minimum atomic E-state index is -0.624. The van der Waals surface area contributed by atoms with Crippen LogP contribution in [0.5, 0.6) is 0 Å². The number of aromatic amines is 1.